The minimum Gasteiger partial charge on any atom is -0.381 e. The lowest BCUT2D eigenvalue weighted by atomic mass is 9.95. The highest BCUT2D eigenvalue weighted by Gasteiger charge is 2.19. The van der Waals surface area contributed by atoms with Gasteiger partial charge in [0.25, 0.3) is 5.56 Å². The summed E-state index contributed by atoms with van der Waals surface area (Å²) in [4.78, 5) is 24.9. The smallest absolute Gasteiger partial charge is 0.258 e. The number of rotatable bonds is 5. The summed E-state index contributed by atoms with van der Waals surface area (Å²) in [5, 5.41) is 9.71. The number of ether oxygens (including phenoxy) is 1. The van der Waals surface area contributed by atoms with Crippen molar-refractivity contribution in [2.45, 2.75) is 64.5 Å². The molecule has 0 radical (unpaired) electrons. The summed E-state index contributed by atoms with van der Waals surface area (Å²) >= 11 is 6.49. The van der Waals surface area contributed by atoms with Gasteiger partial charge in [0.1, 0.15) is 11.6 Å². The molecular weight excluding hydrogens is 514 g/mol. The van der Waals surface area contributed by atoms with E-state index in [-0.39, 0.29) is 5.56 Å². The van der Waals surface area contributed by atoms with Crippen LogP contribution in [-0.4, -0.2) is 53.3 Å². The number of aromatic amines is 1. The van der Waals surface area contributed by atoms with Crippen LogP contribution in [0.25, 0.3) is 10.9 Å². The average molecular weight is 552 g/mol. The summed E-state index contributed by atoms with van der Waals surface area (Å²) in [6, 6.07) is 8.32. The molecular formula is C29H38ClN7O2. The second-order valence-corrected chi connectivity index (χ2v) is 10.9. The lowest BCUT2D eigenvalue weighted by Crippen LogP contribution is -2.34. The van der Waals surface area contributed by atoms with Gasteiger partial charge >= 0.3 is 0 Å². The van der Waals surface area contributed by atoms with Crippen molar-refractivity contribution in [1.29, 1.82) is 0 Å². The van der Waals surface area contributed by atoms with E-state index in [1.807, 2.05) is 29.4 Å². The maximum atomic E-state index is 12.7. The summed E-state index contributed by atoms with van der Waals surface area (Å²) < 4.78 is 5.01. The van der Waals surface area contributed by atoms with E-state index in [9.17, 15) is 4.79 Å². The summed E-state index contributed by atoms with van der Waals surface area (Å²) in [7, 11) is 0. The second-order valence-electron chi connectivity index (χ2n) is 10.5. The topological polar surface area (TPSA) is 107 Å². The second kappa shape index (κ2) is 12.9. The minimum atomic E-state index is -0.179. The van der Waals surface area contributed by atoms with E-state index in [0.29, 0.717) is 40.3 Å². The molecule has 1 saturated carbocycles. The Morgan fingerprint density at radius 2 is 1.95 bits per heavy atom. The summed E-state index contributed by atoms with van der Waals surface area (Å²) in [5.41, 5.74) is 6.91. The first-order chi connectivity index (χ1) is 19.0. The van der Waals surface area contributed by atoms with Gasteiger partial charge in [-0.05, 0) is 56.0 Å². The molecule has 1 aromatic carbocycles. The Bertz CT molecular complexity index is 1340. The van der Waals surface area contributed by atoms with Crippen molar-refractivity contribution in [3.63, 3.8) is 0 Å². The molecule has 2 aromatic heterocycles. The van der Waals surface area contributed by atoms with Crippen LogP contribution in [0.5, 0.6) is 0 Å². The molecule has 1 unspecified atom stereocenters. The van der Waals surface area contributed by atoms with Gasteiger partial charge < -0.3 is 20.4 Å². The van der Waals surface area contributed by atoms with Gasteiger partial charge in [0.05, 0.1) is 34.8 Å². The van der Waals surface area contributed by atoms with E-state index >= 15 is 0 Å². The molecule has 4 N–H and O–H groups in total. The average Bonchev–Trinajstić information content (AvgIpc) is 3.30. The molecule has 0 bridgehead atoms. The molecule has 0 spiro atoms. The zero-order valence-corrected chi connectivity index (χ0v) is 23.5. The van der Waals surface area contributed by atoms with E-state index in [1.54, 1.807) is 6.07 Å². The fraction of sp³-hybridized carbons (Fsp3) is 0.483. The van der Waals surface area contributed by atoms with E-state index in [1.165, 1.54) is 24.8 Å². The van der Waals surface area contributed by atoms with Gasteiger partial charge in [0.2, 0.25) is 0 Å². The number of pyridine rings is 1. The van der Waals surface area contributed by atoms with Crippen LogP contribution in [0.15, 0.2) is 47.0 Å². The van der Waals surface area contributed by atoms with Gasteiger partial charge in [-0.25, -0.2) is 15.4 Å². The highest BCUT2D eigenvalue weighted by atomic mass is 35.5. The Balaban J connectivity index is 0.000000455. The molecule has 3 aliphatic rings. The number of morpholine rings is 1. The molecule has 39 heavy (non-hydrogen) atoms. The number of fused-ring (bicyclic) bond motifs is 1. The van der Waals surface area contributed by atoms with Crippen LogP contribution in [-0.2, 0) is 11.2 Å². The number of benzene rings is 1. The highest BCUT2D eigenvalue weighted by Crippen LogP contribution is 2.29. The molecule has 6 rings (SSSR count). The number of hydrazine groups is 1. The lowest BCUT2D eigenvalue weighted by molar-refractivity contribution is 0.109. The van der Waals surface area contributed by atoms with Crippen molar-refractivity contribution in [2.24, 2.45) is 0 Å². The molecule has 9 nitrogen and oxygen atoms in total. The Morgan fingerprint density at radius 3 is 2.56 bits per heavy atom. The van der Waals surface area contributed by atoms with E-state index < -0.39 is 0 Å². The number of anilines is 2. The molecule has 1 aliphatic carbocycles. The number of hydrogen-bond donors (Lipinski definition) is 4. The third-order valence-corrected chi connectivity index (χ3v) is 7.74. The van der Waals surface area contributed by atoms with E-state index in [2.05, 4.69) is 46.1 Å². The summed E-state index contributed by atoms with van der Waals surface area (Å²) in [6.45, 7) is 8.04. The predicted molar refractivity (Wildman–Crippen MR) is 157 cm³/mol. The quantitative estimate of drug-likeness (QED) is 0.366. The van der Waals surface area contributed by atoms with Crippen LogP contribution in [0, 0.1) is 0 Å². The van der Waals surface area contributed by atoms with Gasteiger partial charge in [-0.3, -0.25) is 9.80 Å². The summed E-state index contributed by atoms with van der Waals surface area (Å²) in [6.07, 6.45) is 10.4. The van der Waals surface area contributed by atoms with Crippen LogP contribution in [0.4, 0.5) is 11.5 Å². The first-order valence-electron chi connectivity index (χ1n) is 13.9. The third kappa shape index (κ3) is 7.16. The fourth-order valence-corrected chi connectivity index (χ4v) is 5.26. The van der Waals surface area contributed by atoms with Crippen molar-refractivity contribution in [2.75, 3.05) is 36.6 Å². The van der Waals surface area contributed by atoms with Crippen LogP contribution >= 0.6 is 11.6 Å². The van der Waals surface area contributed by atoms with E-state index in [4.69, 9.17) is 21.3 Å². The number of aromatic nitrogens is 3. The Hall–Kier alpha value is -2.98. The highest BCUT2D eigenvalue weighted by molar-refractivity contribution is 6.34. The molecule has 0 amide bonds. The molecule has 4 heterocycles. The number of H-pyrrole nitrogens is 1. The maximum absolute atomic E-state index is 12.7. The normalized spacial score (nSPS) is 19.9. The largest absolute Gasteiger partial charge is 0.381 e. The molecule has 1 saturated heterocycles. The van der Waals surface area contributed by atoms with Crippen molar-refractivity contribution in [3.8, 4) is 0 Å². The molecule has 3 aromatic rings. The molecule has 2 aliphatic heterocycles. The maximum Gasteiger partial charge on any atom is 0.258 e. The van der Waals surface area contributed by atoms with Gasteiger partial charge in [0.15, 0.2) is 0 Å². The number of hydrogen-bond acceptors (Lipinski definition) is 8. The minimum absolute atomic E-state index is 0.179. The molecule has 208 valence electrons. The van der Waals surface area contributed by atoms with Crippen molar-refractivity contribution >= 4 is 34.0 Å². The van der Waals surface area contributed by atoms with Gasteiger partial charge in [-0.2, -0.15) is 0 Å². The van der Waals surface area contributed by atoms with Crippen molar-refractivity contribution < 1.29 is 4.74 Å². The molecule has 10 heteroatoms. The van der Waals surface area contributed by atoms with Crippen LogP contribution in [0.2, 0.25) is 5.02 Å². The van der Waals surface area contributed by atoms with Gasteiger partial charge in [-0.15, -0.1) is 0 Å². The third-order valence-electron chi connectivity index (χ3n) is 7.43. The summed E-state index contributed by atoms with van der Waals surface area (Å²) in [5.74, 6) is 1.44. The van der Waals surface area contributed by atoms with Crippen molar-refractivity contribution in [1.82, 2.24) is 25.7 Å². The SMILES string of the molecule is C1COCCN1.CC1=CN(c2ccc(Cc3nc4cc(NC5CCCCC5)c(Cl)cc4c(=O)[nH]3)cn2)NC1C. The number of nitrogens with zero attached hydrogens (tertiary/aromatic N) is 3. The molecule has 2 fully saturated rings. The van der Waals surface area contributed by atoms with Gasteiger partial charge in [0, 0.05) is 44.0 Å². The predicted octanol–water partition coefficient (Wildman–Crippen LogP) is 4.53. The number of halogens is 1. The first-order valence-corrected chi connectivity index (χ1v) is 14.3. The van der Waals surface area contributed by atoms with Crippen LogP contribution in [0.3, 0.4) is 0 Å². The zero-order chi connectivity index (χ0) is 27.2. The molecule has 1 atom stereocenters. The standard InChI is InChI=1S/C25H29ClN6O.C4H9NO/c1-15-14-32(31-16(15)2)24-9-8-17(13-27-24)10-23-29-21-12-22(28-18-6-4-3-5-7-18)20(26)11-19(21)25(33)30-23;1-3-6-4-2-5-1/h8-9,11-14,16,18,28,31H,3-7,10H2,1-2H3,(H,29,30,33);5H,1-4H2. The number of nitrogens with one attached hydrogen (secondary N) is 4. The van der Waals surface area contributed by atoms with Crippen molar-refractivity contribution in [3.05, 3.63) is 69.0 Å². The Kier molecular flexibility index (Phi) is 9.13. The monoisotopic (exact) mass is 551 g/mol. The lowest BCUT2D eigenvalue weighted by Gasteiger charge is -2.24. The van der Waals surface area contributed by atoms with E-state index in [0.717, 1.165) is 56.2 Å². The van der Waals surface area contributed by atoms with Crippen LogP contribution in [0.1, 0.15) is 57.3 Å². The van der Waals surface area contributed by atoms with Crippen LogP contribution < -0.4 is 26.6 Å². The fourth-order valence-electron chi connectivity index (χ4n) is 5.04. The Labute approximate surface area is 234 Å². The first kappa shape index (κ1) is 27.6. The zero-order valence-electron chi connectivity index (χ0n) is 22.7. The van der Waals surface area contributed by atoms with Gasteiger partial charge in [-0.1, -0.05) is 36.9 Å². The Morgan fingerprint density at radius 1 is 1.15 bits per heavy atom.